The highest BCUT2D eigenvalue weighted by molar-refractivity contribution is 7.89. The molecule has 0 spiro atoms. The Labute approximate surface area is 118 Å². The van der Waals surface area contributed by atoms with Gasteiger partial charge in [-0.05, 0) is 6.92 Å². The van der Waals surface area contributed by atoms with Gasteiger partial charge in [0, 0.05) is 32.7 Å². The van der Waals surface area contributed by atoms with Crippen LogP contribution in [0, 0.1) is 0 Å². The van der Waals surface area contributed by atoms with Crippen LogP contribution < -0.4 is 5.32 Å². The molecule has 9 heteroatoms. The molecule has 1 aromatic heterocycles. The standard InChI is InChI=1S/C9H15ClN4O2S.ClH/c1-7-6-14(4-3-11-7)17(15,16)9-8(10)5-12-13(9)2;/h5,7,11H,3-4,6H2,1-2H3;1H/t7-;/m1./s1. The fourth-order valence-electron chi connectivity index (χ4n) is 1.93. The molecular weight excluding hydrogens is 299 g/mol. The Bertz CT molecular complexity index is 497. The number of halogens is 2. The lowest BCUT2D eigenvalue weighted by molar-refractivity contribution is 0.308. The van der Waals surface area contributed by atoms with Crippen LogP contribution >= 0.6 is 24.0 Å². The van der Waals surface area contributed by atoms with Crippen molar-refractivity contribution in [2.75, 3.05) is 19.6 Å². The summed E-state index contributed by atoms with van der Waals surface area (Å²) < 4.78 is 27.5. The maximum atomic E-state index is 12.4. The van der Waals surface area contributed by atoms with Gasteiger partial charge >= 0.3 is 0 Å². The Hall–Kier alpha value is -0.340. The Morgan fingerprint density at radius 1 is 1.56 bits per heavy atom. The van der Waals surface area contributed by atoms with E-state index in [-0.39, 0.29) is 28.5 Å². The van der Waals surface area contributed by atoms with Gasteiger partial charge in [-0.15, -0.1) is 12.4 Å². The van der Waals surface area contributed by atoms with Crippen molar-refractivity contribution in [1.29, 1.82) is 0 Å². The van der Waals surface area contributed by atoms with Crippen LogP contribution in [0.4, 0.5) is 0 Å². The first kappa shape index (κ1) is 15.7. The smallest absolute Gasteiger partial charge is 0.261 e. The minimum atomic E-state index is -3.55. The van der Waals surface area contributed by atoms with Gasteiger partial charge in [0.1, 0.15) is 0 Å². The van der Waals surface area contributed by atoms with Gasteiger partial charge in [-0.3, -0.25) is 4.68 Å². The second-order valence-corrected chi connectivity index (χ2v) is 6.40. The van der Waals surface area contributed by atoms with Gasteiger partial charge in [-0.2, -0.15) is 9.40 Å². The molecule has 1 N–H and O–H groups in total. The SMILES string of the molecule is C[C@@H]1CN(S(=O)(=O)c2c(Cl)cnn2C)CCN1.Cl. The molecule has 104 valence electrons. The number of aromatic nitrogens is 2. The Morgan fingerprint density at radius 2 is 2.22 bits per heavy atom. The molecule has 2 rings (SSSR count). The van der Waals surface area contributed by atoms with E-state index in [9.17, 15) is 8.42 Å². The van der Waals surface area contributed by atoms with Crippen LogP contribution in [-0.2, 0) is 17.1 Å². The summed E-state index contributed by atoms with van der Waals surface area (Å²) in [6, 6.07) is 0.144. The van der Waals surface area contributed by atoms with E-state index in [1.807, 2.05) is 6.92 Å². The van der Waals surface area contributed by atoms with Crippen LogP contribution in [-0.4, -0.2) is 48.2 Å². The minimum absolute atomic E-state index is 0. The highest BCUT2D eigenvalue weighted by atomic mass is 35.5. The molecule has 6 nitrogen and oxygen atoms in total. The van der Waals surface area contributed by atoms with Crippen LogP contribution in [0.3, 0.4) is 0 Å². The van der Waals surface area contributed by atoms with Crippen molar-refractivity contribution in [3.8, 4) is 0 Å². The summed E-state index contributed by atoms with van der Waals surface area (Å²) in [4.78, 5) is 0. The maximum Gasteiger partial charge on any atom is 0.261 e. The van der Waals surface area contributed by atoms with E-state index in [1.165, 1.54) is 15.2 Å². The number of sulfonamides is 1. The van der Waals surface area contributed by atoms with Crippen molar-refractivity contribution in [1.82, 2.24) is 19.4 Å². The summed E-state index contributed by atoms with van der Waals surface area (Å²) in [6.07, 6.45) is 1.35. The van der Waals surface area contributed by atoms with Crippen LogP contribution in [0.15, 0.2) is 11.2 Å². The maximum absolute atomic E-state index is 12.4. The van der Waals surface area contributed by atoms with Gasteiger partial charge in [0.15, 0.2) is 5.03 Å². The minimum Gasteiger partial charge on any atom is -0.312 e. The normalized spacial score (nSPS) is 21.6. The van der Waals surface area contributed by atoms with E-state index in [0.29, 0.717) is 19.6 Å². The summed E-state index contributed by atoms with van der Waals surface area (Å²) in [5.74, 6) is 0. The molecule has 1 aliphatic heterocycles. The quantitative estimate of drug-likeness (QED) is 0.862. The summed E-state index contributed by atoms with van der Waals surface area (Å²) in [7, 11) is -1.98. The van der Waals surface area contributed by atoms with E-state index in [2.05, 4.69) is 10.4 Å². The fraction of sp³-hybridized carbons (Fsp3) is 0.667. The number of nitrogens with one attached hydrogen (secondary N) is 1. The van der Waals surface area contributed by atoms with Gasteiger partial charge in [-0.25, -0.2) is 8.42 Å². The van der Waals surface area contributed by atoms with Crippen LogP contribution in [0.2, 0.25) is 5.02 Å². The molecular formula is C9H16Cl2N4O2S. The van der Waals surface area contributed by atoms with Crippen molar-refractivity contribution in [3.05, 3.63) is 11.2 Å². The predicted octanol–water partition coefficient (Wildman–Crippen LogP) is 0.478. The highest BCUT2D eigenvalue weighted by Gasteiger charge is 2.32. The van der Waals surface area contributed by atoms with E-state index < -0.39 is 10.0 Å². The molecule has 0 amide bonds. The third-order valence-corrected chi connectivity index (χ3v) is 5.13. The van der Waals surface area contributed by atoms with E-state index in [4.69, 9.17) is 11.6 Å². The Kier molecular flexibility index (Phi) is 5.02. The molecule has 0 bridgehead atoms. The van der Waals surface area contributed by atoms with Crippen molar-refractivity contribution < 1.29 is 8.42 Å². The van der Waals surface area contributed by atoms with Gasteiger partial charge in [0.25, 0.3) is 10.0 Å². The summed E-state index contributed by atoms with van der Waals surface area (Å²) in [6.45, 7) is 3.50. The lowest BCUT2D eigenvalue weighted by Gasteiger charge is -2.30. The second-order valence-electron chi connectivity index (χ2n) is 4.14. The van der Waals surface area contributed by atoms with Gasteiger partial charge in [0.2, 0.25) is 0 Å². The lowest BCUT2D eigenvalue weighted by atomic mass is 10.3. The molecule has 18 heavy (non-hydrogen) atoms. The molecule has 0 aliphatic carbocycles. The largest absolute Gasteiger partial charge is 0.312 e. The molecule has 0 unspecified atom stereocenters. The number of hydrogen-bond donors (Lipinski definition) is 1. The number of aryl methyl sites for hydroxylation is 1. The van der Waals surface area contributed by atoms with E-state index in [0.717, 1.165) is 0 Å². The molecule has 1 saturated heterocycles. The molecule has 1 fully saturated rings. The molecule has 1 aromatic rings. The second kappa shape index (κ2) is 5.75. The first-order valence-corrected chi connectivity index (χ1v) is 7.16. The number of rotatable bonds is 2. The average molecular weight is 315 g/mol. The van der Waals surface area contributed by atoms with E-state index in [1.54, 1.807) is 7.05 Å². The Balaban J connectivity index is 0.00000162. The van der Waals surface area contributed by atoms with Crippen LogP contribution in [0.25, 0.3) is 0 Å². The number of piperazine rings is 1. The topological polar surface area (TPSA) is 67.2 Å². The van der Waals surface area contributed by atoms with E-state index >= 15 is 0 Å². The molecule has 1 atom stereocenters. The zero-order valence-corrected chi connectivity index (χ0v) is 12.5. The average Bonchev–Trinajstić information content (AvgIpc) is 2.59. The van der Waals surface area contributed by atoms with Crippen molar-refractivity contribution in [2.24, 2.45) is 7.05 Å². The molecule has 0 aromatic carbocycles. The van der Waals surface area contributed by atoms with Gasteiger partial charge < -0.3 is 5.32 Å². The zero-order valence-electron chi connectivity index (χ0n) is 10.1. The molecule has 1 aliphatic rings. The van der Waals surface area contributed by atoms with Crippen LogP contribution in [0.5, 0.6) is 0 Å². The van der Waals surface area contributed by atoms with Crippen molar-refractivity contribution in [3.63, 3.8) is 0 Å². The first-order chi connectivity index (χ1) is 7.93. The van der Waals surface area contributed by atoms with Crippen molar-refractivity contribution >= 4 is 34.0 Å². The van der Waals surface area contributed by atoms with Gasteiger partial charge in [-0.1, -0.05) is 11.6 Å². The van der Waals surface area contributed by atoms with Gasteiger partial charge in [0.05, 0.1) is 11.2 Å². The predicted molar refractivity (Wildman–Crippen MR) is 71.7 cm³/mol. The summed E-state index contributed by atoms with van der Waals surface area (Å²) in [5.41, 5.74) is 0. The number of hydrogen-bond acceptors (Lipinski definition) is 4. The highest BCUT2D eigenvalue weighted by Crippen LogP contribution is 2.24. The third-order valence-electron chi connectivity index (χ3n) is 2.76. The fourth-order valence-corrected chi connectivity index (χ4v) is 4.06. The lowest BCUT2D eigenvalue weighted by Crippen LogP contribution is -2.51. The first-order valence-electron chi connectivity index (χ1n) is 5.34. The molecule has 2 heterocycles. The summed E-state index contributed by atoms with van der Waals surface area (Å²) in [5, 5.41) is 7.29. The summed E-state index contributed by atoms with van der Waals surface area (Å²) >= 11 is 5.88. The monoisotopic (exact) mass is 314 g/mol. The third kappa shape index (κ3) is 2.80. The van der Waals surface area contributed by atoms with Crippen LogP contribution in [0.1, 0.15) is 6.92 Å². The zero-order chi connectivity index (χ0) is 12.6. The number of nitrogens with zero attached hydrogens (tertiary/aromatic N) is 3. The van der Waals surface area contributed by atoms with Crippen molar-refractivity contribution in [2.45, 2.75) is 18.0 Å². The molecule has 0 radical (unpaired) electrons. The Morgan fingerprint density at radius 3 is 2.72 bits per heavy atom. The molecule has 0 saturated carbocycles.